The third-order valence-corrected chi connectivity index (χ3v) is 4.47. The fraction of sp³-hybridized carbons (Fsp3) is 0.500. The van der Waals surface area contributed by atoms with Crippen LogP contribution in [0.5, 0.6) is 0 Å². The van der Waals surface area contributed by atoms with E-state index >= 15 is 0 Å². The minimum absolute atomic E-state index is 0.615. The third-order valence-electron chi connectivity index (χ3n) is 1.84. The van der Waals surface area contributed by atoms with E-state index in [0.717, 1.165) is 0 Å². The Hall–Kier alpha value is -1.06. The summed E-state index contributed by atoms with van der Waals surface area (Å²) in [6.07, 6.45) is 8.55. The molecule has 0 aliphatic rings. The van der Waals surface area contributed by atoms with Gasteiger partial charge in [-0.1, -0.05) is 0 Å². The Bertz CT molecular complexity index is 512. The van der Waals surface area contributed by atoms with E-state index in [1.165, 1.54) is 0 Å². The van der Waals surface area contributed by atoms with Gasteiger partial charge in [-0.2, -0.15) is 16.8 Å². The summed E-state index contributed by atoms with van der Waals surface area (Å²) in [6.45, 7) is 0. The highest BCUT2D eigenvalue weighted by Crippen LogP contribution is 2.26. The fourth-order valence-electron chi connectivity index (χ4n) is 1.13. The van der Waals surface area contributed by atoms with Crippen LogP contribution >= 0.6 is 0 Å². The van der Waals surface area contributed by atoms with Crippen LogP contribution < -0.4 is 0 Å². The van der Waals surface area contributed by atoms with Crippen LogP contribution in [-0.4, -0.2) is 36.4 Å². The molecule has 0 radical (unpaired) electrons. The summed E-state index contributed by atoms with van der Waals surface area (Å²) in [5, 5.41) is 0. The van der Waals surface area contributed by atoms with Gasteiger partial charge >= 0.3 is 0 Å². The second-order valence-corrected chi connectivity index (χ2v) is 6.41. The molecule has 0 bridgehead atoms. The highest BCUT2D eigenvalue weighted by molar-refractivity contribution is 7.90. The van der Waals surface area contributed by atoms with Crippen molar-refractivity contribution < 1.29 is 25.9 Å². The van der Waals surface area contributed by atoms with Gasteiger partial charge in [0.25, 0.3) is 20.2 Å². The Kier molecular flexibility index (Phi) is 4.53. The molecule has 0 saturated carbocycles. The van der Waals surface area contributed by atoms with Crippen molar-refractivity contribution in [3.63, 3.8) is 0 Å². The van der Waals surface area contributed by atoms with Crippen LogP contribution in [0, 0.1) is 24.7 Å². The Morgan fingerprint density at radius 3 is 1.56 bits per heavy atom. The zero-order chi connectivity index (χ0) is 13.0. The van der Waals surface area contributed by atoms with Gasteiger partial charge < -0.3 is 0 Å². The number of hydrogen-bond donors (Lipinski definition) is 2. The van der Waals surface area contributed by atoms with Gasteiger partial charge in [-0.3, -0.25) is 9.11 Å². The molecular weight excluding hydrogens is 256 g/mol. The van der Waals surface area contributed by atoms with E-state index in [1.807, 2.05) is 11.8 Å². The first-order chi connectivity index (χ1) is 7.08. The highest BCUT2D eigenvalue weighted by atomic mass is 32.2. The lowest BCUT2D eigenvalue weighted by Gasteiger charge is -2.24. The molecule has 2 N–H and O–H groups in total. The summed E-state index contributed by atoms with van der Waals surface area (Å²) in [6, 6.07) is 0. The first kappa shape index (κ1) is 14.9. The fourth-order valence-corrected chi connectivity index (χ4v) is 3.57. The highest BCUT2D eigenvalue weighted by Gasteiger charge is 2.45. The molecule has 0 aromatic rings. The maximum Gasteiger partial charge on any atom is 0.273 e. The van der Waals surface area contributed by atoms with Crippen molar-refractivity contribution in [2.24, 2.45) is 0 Å². The Labute approximate surface area is 94.5 Å². The van der Waals surface area contributed by atoms with E-state index in [2.05, 4.69) is 0 Å². The predicted octanol–water partition coefficient (Wildman–Crippen LogP) is -0.453. The molecule has 0 unspecified atom stereocenters. The van der Waals surface area contributed by atoms with Gasteiger partial charge in [-0.25, -0.2) is 0 Å². The second kappa shape index (κ2) is 4.85. The zero-order valence-electron chi connectivity index (χ0n) is 8.12. The van der Waals surface area contributed by atoms with Crippen molar-refractivity contribution in [2.75, 3.05) is 5.75 Å². The molecule has 0 amide bonds. The van der Waals surface area contributed by atoms with E-state index in [4.69, 9.17) is 22.0 Å². The van der Waals surface area contributed by atoms with Crippen molar-refractivity contribution in [2.45, 2.75) is 17.6 Å². The number of hydrogen-bond acceptors (Lipinski definition) is 4. The summed E-state index contributed by atoms with van der Waals surface area (Å²) >= 11 is 0. The Morgan fingerprint density at radius 2 is 1.38 bits per heavy atom. The molecule has 0 fully saturated rings. The lowest BCUT2D eigenvalue weighted by molar-refractivity contribution is 0.422. The lowest BCUT2D eigenvalue weighted by atomic mass is 10.0. The normalized spacial score (nSPS) is 12.8. The molecule has 0 aromatic heterocycles. The van der Waals surface area contributed by atoms with Crippen LogP contribution in [0.15, 0.2) is 0 Å². The molecule has 0 saturated heterocycles. The third kappa shape index (κ3) is 3.83. The molecular formula is C8H10O6S2. The van der Waals surface area contributed by atoms with Crippen molar-refractivity contribution in [1.29, 1.82) is 0 Å². The molecule has 0 aromatic carbocycles. The first-order valence-electron chi connectivity index (χ1n) is 3.87. The lowest BCUT2D eigenvalue weighted by Crippen LogP contribution is -2.44. The van der Waals surface area contributed by atoms with Crippen LogP contribution in [0.1, 0.15) is 12.8 Å². The van der Waals surface area contributed by atoms with Gasteiger partial charge in [-0.15, -0.1) is 24.7 Å². The topological polar surface area (TPSA) is 109 Å². The minimum atomic E-state index is -4.81. The Morgan fingerprint density at radius 1 is 1.00 bits per heavy atom. The summed E-state index contributed by atoms with van der Waals surface area (Å²) in [7, 11) is -9.45. The number of rotatable bonds is 5. The van der Waals surface area contributed by atoms with E-state index in [0.29, 0.717) is 0 Å². The van der Waals surface area contributed by atoms with Crippen LogP contribution in [0.2, 0.25) is 0 Å². The van der Waals surface area contributed by atoms with E-state index in [1.54, 1.807) is 0 Å². The van der Waals surface area contributed by atoms with Gasteiger partial charge in [0.05, 0.1) is 5.75 Å². The first-order valence-corrected chi connectivity index (χ1v) is 6.92. The maximum atomic E-state index is 11.1. The predicted molar refractivity (Wildman–Crippen MR) is 57.6 cm³/mol. The van der Waals surface area contributed by atoms with Crippen LogP contribution in [0.25, 0.3) is 0 Å². The van der Waals surface area contributed by atoms with Crippen molar-refractivity contribution in [3.8, 4) is 24.7 Å². The van der Waals surface area contributed by atoms with Gasteiger partial charge in [0.1, 0.15) is 4.75 Å². The average molecular weight is 266 g/mol. The molecule has 0 rings (SSSR count). The minimum Gasteiger partial charge on any atom is -0.285 e. The van der Waals surface area contributed by atoms with Crippen LogP contribution in [0.4, 0.5) is 0 Å². The van der Waals surface area contributed by atoms with Gasteiger partial charge in [0, 0.05) is 12.8 Å². The molecule has 6 nitrogen and oxygen atoms in total. The summed E-state index contributed by atoms with van der Waals surface area (Å²) in [5.74, 6) is 2.58. The van der Waals surface area contributed by atoms with Crippen molar-refractivity contribution in [3.05, 3.63) is 0 Å². The van der Waals surface area contributed by atoms with Gasteiger partial charge in [0.15, 0.2) is 0 Å². The van der Waals surface area contributed by atoms with Crippen LogP contribution in [-0.2, 0) is 20.2 Å². The molecule has 0 heterocycles. The molecule has 16 heavy (non-hydrogen) atoms. The molecule has 0 atom stereocenters. The van der Waals surface area contributed by atoms with Gasteiger partial charge in [-0.05, 0) is 0 Å². The van der Waals surface area contributed by atoms with Crippen molar-refractivity contribution in [1.82, 2.24) is 0 Å². The number of terminal acetylenes is 2. The van der Waals surface area contributed by atoms with E-state index < -0.39 is 43.6 Å². The Balaban J connectivity index is 5.67. The zero-order valence-corrected chi connectivity index (χ0v) is 9.75. The van der Waals surface area contributed by atoms with Crippen molar-refractivity contribution >= 4 is 20.2 Å². The summed E-state index contributed by atoms with van der Waals surface area (Å²) in [4.78, 5) is 0. The summed E-state index contributed by atoms with van der Waals surface area (Å²) in [5.41, 5.74) is 0. The van der Waals surface area contributed by atoms with Crippen LogP contribution in [0.3, 0.4) is 0 Å². The average Bonchev–Trinajstić information content (AvgIpc) is 1.99. The maximum absolute atomic E-state index is 11.1. The second-order valence-electron chi connectivity index (χ2n) is 3.15. The van der Waals surface area contributed by atoms with Gasteiger partial charge in [0.2, 0.25) is 0 Å². The smallest absolute Gasteiger partial charge is 0.273 e. The van der Waals surface area contributed by atoms with E-state index in [-0.39, 0.29) is 0 Å². The molecule has 8 heteroatoms. The molecule has 0 spiro atoms. The van der Waals surface area contributed by atoms with E-state index in [9.17, 15) is 16.8 Å². The largest absolute Gasteiger partial charge is 0.285 e. The standard InChI is InChI=1S/C8H10O6S2/c1-3-5-8(6-4-2,16(12,13)14)7-15(9,10)11/h1-2H,5-7H2,(H,9,10,11)(H,12,13,14). The molecule has 0 aliphatic heterocycles. The summed E-state index contributed by atoms with van der Waals surface area (Å²) < 4.78 is 58.9. The molecule has 90 valence electrons. The SMILES string of the molecule is C#CCC(CC#C)(CS(=O)(=O)O)S(=O)(=O)O. The molecule has 0 aliphatic carbocycles. The quantitative estimate of drug-likeness (QED) is 0.515. The monoisotopic (exact) mass is 266 g/mol.